The first-order valence-electron chi connectivity index (χ1n) is 6.53. The third-order valence-corrected chi connectivity index (χ3v) is 4.84. The van der Waals surface area contributed by atoms with Crippen LogP contribution in [0.4, 0.5) is 0 Å². The molecule has 20 heavy (non-hydrogen) atoms. The minimum atomic E-state index is -1.12. The quantitative estimate of drug-likeness (QED) is 0.921. The van der Waals surface area contributed by atoms with E-state index in [1.165, 1.54) is 6.07 Å². The van der Waals surface area contributed by atoms with Crippen LogP contribution in [0.15, 0.2) is 18.2 Å². The summed E-state index contributed by atoms with van der Waals surface area (Å²) >= 11 is 1.84. The number of hydrogen-bond acceptors (Lipinski definition) is 4. The minimum absolute atomic E-state index is 0.0994. The van der Waals surface area contributed by atoms with Crippen LogP contribution in [0.25, 0.3) is 0 Å². The zero-order chi connectivity index (χ0) is 14.7. The molecule has 0 unspecified atom stereocenters. The number of nitrogens with zero attached hydrogens (tertiary/aromatic N) is 2. The molecule has 0 spiro atoms. The van der Waals surface area contributed by atoms with Gasteiger partial charge in [-0.3, -0.25) is 4.79 Å². The largest absolute Gasteiger partial charge is 0.477 e. The molecule has 0 bridgehead atoms. The van der Waals surface area contributed by atoms with Crippen LogP contribution in [0.2, 0.25) is 0 Å². The van der Waals surface area contributed by atoms with Gasteiger partial charge < -0.3 is 10.0 Å². The molecule has 1 N–H and O–H groups in total. The molecule has 1 saturated carbocycles. The van der Waals surface area contributed by atoms with Gasteiger partial charge in [-0.1, -0.05) is 6.07 Å². The molecule has 1 amide bonds. The van der Waals surface area contributed by atoms with Crippen LogP contribution < -0.4 is 0 Å². The number of carbonyl (C=O) groups is 2. The van der Waals surface area contributed by atoms with Gasteiger partial charge >= 0.3 is 5.97 Å². The number of carboxylic acids is 1. The molecule has 1 aromatic heterocycles. The minimum Gasteiger partial charge on any atom is -0.477 e. The fraction of sp³-hybridized carbons (Fsp3) is 0.500. The maximum Gasteiger partial charge on any atom is 0.354 e. The van der Waals surface area contributed by atoms with E-state index in [0.717, 1.165) is 19.3 Å². The topological polar surface area (TPSA) is 70.5 Å². The van der Waals surface area contributed by atoms with Gasteiger partial charge in [0, 0.05) is 18.3 Å². The summed E-state index contributed by atoms with van der Waals surface area (Å²) in [5.74, 6) is -1.33. The second-order valence-corrected chi connectivity index (χ2v) is 6.09. The molecule has 1 fully saturated rings. The van der Waals surface area contributed by atoms with E-state index in [0.29, 0.717) is 5.25 Å². The smallest absolute Gasteiger partial charge is 0.354 e. The van der Waals surface area contributed by atoms with Crippen molar-refractivity contribution in [1.29, 1.82) is 0 Å². The van der Waals surface area contributed by atoms with Gasteiger partial charge in [0.1, 0.15) is 11.4 Å². The van der Waals surface area contributed by atoms with Gasteiger partial charge in [0.25, 0.3) is 5.91 Å². The monoisotopic (exact) mass is 294 g/mol. The summed E-state index contributed by atoms with van der Waals surface area (Å²) in [5.41, 5.74) is 0.0951. The average molecular weight is 294 g/mol. The van der Waals surface area contributed by atoms with E-state index in [2.05, 4.69) is 11.2 Å². The van der Waals surface area contributed by atoms with Crippen molar-refractivity contribution in [3.63, 3.8) is 0 Å². The third kappa shape index (κ3) is 3.12. The molecule has 0 aliphatic heterocycles. The van der Waals surface area contributed by atoms with E-state index in [1.54, 1.807) is 24.1 Å². The molecule has 0 radical (unpaired) electrons. The highest BCUT2D eigenvalue weighted by atomic mass is 32.2. The molecular formula is C14H18N2O3S. The summed E-state index contributed by atoms with van der Waals surface area (Å²) in [6, 6.07) is 4.72. The Morgan fingerprint density at radius 3 is 2.65 bits per heavy atom. The highest BCUT2D eigenvalue weighted by Gasteiger charge is 2.30. The Hall–Kier alpha value is -1.56. The van der Waals surface area contributed by atoms with E-state index in [9.17, 15) is 9.59 Å². The van der Waals surface area contributed by atoms with E-state index in [1.807, 2.05) is 11.8 Å². The maximum absolute atomic E-state index is 12.4. The number of aromatic carboxylic acids is 1. The third-order valence-electron chi connectivity index (χ3n) is 3.75. The molecule has 2 rings (SSSR count). The van der Waals surface area contributed by atoms with Gasteiger partial charge in [-0.2, -0.15) is 11.8 Å². The molecule has 0 aromatic carbocycles. The molecule has 1 aliphatic carbocycles. The number of amides is 1. The molecule has 5 nitrogen and oxygen atoms in total. The Balaban J connectivity index is 2.11. The Morgan fingerprint density at radius 1 is 1.35 bits per heavy atom. The van der Waals surface area contributed by atoms with Crippen molar-refractivity contribution in [3.05, 3.63) is 29.6 Å². The van der Waals surface area contributed by atoms with Crippen molar-refractivity contribution >= 4 is 23.6 Å². The van der Waals surface area contributed by atoms with Crippen molar-refractivity contribution < 1.29 is 14.7 Å². The zero-order valence-corrected chi connectivity index (χ0v) is 12.4. The predicted octanol–water partition coefficient (Wildman–Crippen LogP) is 2.14. The molecule has 108 valence electrons. The lowest BCUT2D eigenvalue weighted by atomic mass is 10.2. The summed E-state index contributed by atoms with van der Waals surface area (Å²) in [5, 5.41) is 9.52. The van der Waals surface area contributed by atoms with Crippen LogP contribution in [0.1, 0.15) is 40.2 Å². The van der Waals surface area contributed by atoms with Crippen molar-refractivity contribution in [2.45, 2.75) is 30.6 Å². The van der Waals surface area contributed by atoms with Gasteiger partial charge in [0.05, 0.1) is 0 Å². The van der Waals surface area contributed by atoms with Gasteiger partial charge in [-0.15, -0.1) is 0 Å². The highest BCUT2D eigenvalue weighted by Crippen LogP contribution is 2.31. The fourth-order valence-electron chi connectivity index (χ4n) is 2.50. The first-order chi connectivity index (χ1) is 9.52. The Morgan fingerprint density at radius 2 is 2.05 bits per heavy atom. The summed E-state index contributed by atoms with van der Waals surface area (Å²) in [7, 11) is 1.77. The lowest BCUT2D eigenvalue weighted by Gasteiger charge is -2.24. The molecule has 1 aliphatic rings. The summed E-state index contributed by atoms with van der Waals surface area (Å²) < 4.78 is 0. The zero-order valence-electron chi connectivity index (χ0n) is 11.6. The van der Waals surface area contributed by atoms with Crippen LogP contribution in [0.5, 0.6) is 0 Å². The highest BCUT2D eigenvalue weighted by molar-refractivity contribution is 7.99. The standard InChI is InChI=1S/C14H18N2O3S/c1-16(9-6-7-10(8-9)20-2)13(17)11-4-3-5-12(15-11)14(18)19/h3-5,9-10H,6-8H2,1-2H3,(H,18,19)/t9-,10-/m1/s1. The summed E-state index contributed by atoms with van der Waals surface area (Å²) in [4.78, 5) is 28.9. The Bertz CT molecular complexity index is 521. The Labute approximate surface area is 122 Å². The van der Waals surface area contributed by atoms with Crippen molar-refractivity contribution in [2.75, 3.05) is 13.3 Å². The SMILES string of the molecule is CS[C@@H]1CC[C@@H](N(C)C(=O)c2cccc(C(=O)O)n2)C1. The number of carboxylic acid groups (broad SMARTS) is 1. The lowest BCUT2D eigenvalue weighted by Crippen LogP contribution is -2.36. The van der Waals surface area contributed by atoms with E-state index >= 15 is 0 Å². The van der Waals surface area contributed by atoms with Crippen molar-refractivity contribution in [1.82, 2.24) is 9.88 Å². The summed E-state index contributed by atoms with van der Waals surface area (Å²) in [6.07, 6.45) is 5.19. The van der Waals surface area contributed by atoms with Gasteiger partial charge in [-0.25, -0.2) is 9.78 Å². The van der Waals surface area contributed by atoms with E-state index < -0.39 is 5.97 Å². The predicted molar refractivity (Wildman–Crippen MR) is 78.2 cm³/mol. The number of hydrogen-bond donors (Lipinski definition) is 1. The van der Waals surface area contributed by atoms with Crippen LogP contribution in [0, 0.1) is 0 Å². The van der Waals surface area contributed by atoms with Crippen LogP contribution in [0.3, 0.4) is 0 Å². The number of aromatic nitrogens is 1. The first-order valence-corrected chi connectivity index (χ1v) is 7.82. The van der Waals surface area contributed by atoms with Gasteiger partial charge in [0.2, 0.25) is 0 Å². The summed E-state index contributed by atoms with van der Waals surface area (Å²) in [6.45, 7) is 0. The molecule has 1 aromatic rings. The fourth-order valence-corrected chi connectivity index (χ4v) is 3.29. The van der Waals surface area contributed by atoms with Crippen LogP contribution in [-0.2, 0) is 0 Å². The lowest BCUT2D eigenvalue weighted by molar-refractivity contribution is 0.0689. The number of thioether (sulfide) groups is 1. The second kappa shape index (κ2) is 6.26. The number of rotatable bonds is 4. The molecule has 6 heteroatoms. The van der Waals surface area contributed by atoms with Crippen LogP contribution in [-0.4, -0.2) is 51.5 Å². The second-order valence-electron chi connectivity index (χ2n) is 4.95. The number of pyridine rings is 1. The molecular weight excluding hydrogens is 276 g/mol. The number of carbonyl (C=O) groups excluding carboxylic acids is 1. The normalized spacial score (nSPS) is 21.7. The van der Waals surface area contributed by atoms with E-state index in [-0.39, 0.29) is 23.3 Å². The first kappa shape index (κ1) is 14.8. The molecule has 2 atom stereocenters. The Kier molecular flexibility index (Phi) is 4.65. The molecule has 0 saturated heterocycles. The molecule has 1 heterocycles. The van der Waals surface area contributed by atoms with Crippen molar-refractivity contribution in [3.8, 4) is 0 Å². The van der Waals surface area contributed by atoms with Crippen LogP contribution >= 0.6 is 11.8 Å². The van der Waals surface area contributed by atoms with Crippen molar-refractivity contribution in [2.24, 2.45) is 0 Å². The maximum atomic E-state index is 12.4. The average Bonchev–Trinajstić information content (AvgIpc) is 2.94. The van der Waals surface area contributed by atoms with Gasteiger partial charge in [0.15, 0.2) is 0 Å². The van der Waals surface area contributed by atoms with E-state index in [4.69, 9.17) is 5.11 Å². The van der Waals surface area contributed by atoms with Gasteiger partial charge in [-0.05, 0) is 37.7 Å².